The number of hydrogen-bond acceptors (Lipinski definition) is 3. The Labute approximate surface area is 174 Å². The number of aryl methyl sites for hydroxylation is 1. The van der Waals surface area contributed by atoms with E-state index in [-0.39, 0.29) is 24.0 Å². The molecule has 1 aromatic rings. The zero-order valence-corrected chi connectivity index (χ0v) is 19.2. The first kappa shape index (κ1) is 22.7. The van der Waals surface area contributed by atoms with Crippen LogP contribution in [0.5, 0.6) is 0 Å². The van der Waals surface area contributed by atoms with E-state index >= 15 is 0 Å². The molecule has 2 rings (SSSR count). The summed E-state index contributed by atoms with van der Waals surface area (Å²) in [5, 5.41) is 6.84. The Balaban J connectivity index is 0.00000312. The number of rotatable bonds is 8. The number of nitrogens with zero attached hydrogens (tertiary/aromatic N) is 2. The molecule has 6 heteroatoms. The van der Waals surface area contributed by atoms with Gasteiger partial charge in [0.15, 0.2) is 5.96 Å². The standard InChI is InChI=1S/C19H34N4S.HI/c1-4-17-10-11-18(24-17)15-22-19(20-3)21-12-6-8-14-23-13-7-5-9-16(23)2;/h10-11,16H,4-9,12-15H2,1-3H3,(H2,20,21,22);1H. The average molecular weight is 478 g/mol. The minimum atomic E-state index is 0. The fourth-order valence-electron chi connectivity index (χ4n) is 3.24. The Morgan fingerprint density at radius 1 is 1.24 bits per heavy atom. The third-order valence-corrected chi connectivity index (χ3v) is 6.05. The highest BCUT2D eigenvalue weighted by Gasteiger charge is 2.16. The normalized spacial score (nSPS) is 18.7. The maximum absolute atomic E-state index is 4.32. The second kappa shape index (κ2) is 12.9. The van der Waals surface area contributed by atoms with Crippen molar-refractivity contribution in [2.45, 2.75) is 65.0 Å². The molecular formula is C19H35IN4S. The first-order valence-electron chi connectivity index (χ1n) is 9.49. The van der Waals surface area contributed by atoms with E-state index in [0.717, 1.165) is 31.5 Å². The topological polar surface area (TPSA) is 39.7 Å². The molecule has 0 amide bonds. The van der Waals surface area contributed by atoms with Crippen LogP contribution in [0, 0.1) is 0 Å². The lowest BCUT2D eigenvalue weighted by molar-refractivity contribution is 0.158. The molecular weight excluding hydrogens is 443 g/mol. The van der Waals surface area contributed by atoms with Crippen LogP contribution < -0.4 is 10.6 Å². The van der Waals surface area contributed by atoms with E-state index < -0.39 is 0 Å². The van der Waals surface area contributed by atoms with Gasteiger partial charge in [-0.15, -0.1) is 35.3 Å². The number of hydrogen-bond donors (Lipinski definition) is 2. The van der Waals surface area contributed by atoms with Crippen molar-refractivity contribution in [1.29, 1.82) is 0 Å². The molecule has 1 aliphatic rings. The lowest BCUT2D eigenvalue weighted by Crippen LogP contribution is -2.39. The van der Waals surface area contributed by atoms with Crippen LogP contribution in [0.4, 0.5) is 0 Å². The van der Waals surface area contributed by atoms with Crippen molar-refractivity contribution in [2.24, 2.45) is 4.99 Å². The number of aliphatic imine (C=N–C) groups is 1. The van der Waals surface area contributed by atoms with E-state index in [0.29, 0.717) is 0 Å². The summed E-state index contributed by atoms with van der Waals surface area (Å²) in [5.74, 6) is 0.910. The van der Waals surface area contributed by atoms with Gasteiger partial charge in [0, 0.05) is 29.4 Å². The number of likely N-dealkylation sites (tertiary alicyclic amines) is 1. The number of unbranched alkanes of at least 4 members (excludes halogenated alkanes) is 1. The minimum Gasteiger partial charge on any atom is -0.356 e. The number of thiophene rings is 1. The van der Waals surface area contributed by atoms with Crippen LogP contribution in [0.3, 0.4) is 0 Å². The van der Waals surface area contributed by atoms with E-state index in [1.807, 2.05) is 18.4 Å². The molecule has 0 spiro atoms. The van der Waals surface area contributed by atoms with Crippen molar-refractivity contribution in [2.75, 3.05) is 26.7 Å². The van der Waals surface area contributed by atoms with Gasteiger partial charge >= 0.3 is 0 Å². The number of halogens is 1. The predicted octanol–water partition coefficient (Wildman–Crippen LogP) is 4.25. The van der Waals surface area contributed by atoms with Crippen molar-refractivity contribution in [1.82, 2.24) is 15.5 Å². The smallest absolute Gasteiger partial charge is 0.191 e. The number of guanidine groups is 1. The molecule has 0 aliphatic carbocycles. The zero-order valence-electron chi connectivity index (χ0n) is 16.0. The lowest BCUT2D eigenvalue weighted by atomic mass is 10.0. The van der Waals surface area contributed by atoms with Crippen LogP contribution in [0.2, 0.25) is 0 Å². The van der Waals surface area contributed by atoms with Crippen LogP contribution in [0.1, 0.15) is 55.7 Å². The van der Waals surface area contributed by atoms with Crippen molar-refractivity contribution in [3.63, 3.8) is 0 Å². The summed E-state index contributed by atoms with van der Waals surface area (Å²) >= 11 is 1.88. The Kier molecular flexibility index (Phi) is 11.7. The second-order valence-electron chi connectivity index (χ2n) is 6.66. The summed E-state index contributed by atoms with van der Waals surface area (Å²) in [7, 11) is 1.84. The van der Waals surface area contributed by atoms with Gasteiger partial charge < -0.3 is 15.5 Å². The Morgan fingerprint density at radius 2 is 2.04 bits per heavy atom. The largest absolute Gasteiger partial charge is 0.356 e. The van der Waals surface area contributed by atoms with Gasteiger partial charge in [0.2, 0.25) is 0 Å². The maximum atomic E-state index is 4.32. The molecule has 144 valence electrons. The van der Waals surface area contributed by atoms with Gasteiger partial charge in [-0.2, -0.15) is 0 Å². The third-order valence-electron chi connectivity index (χ3n) is 4.82. The van der Waals surface area contributed by atoms with Crippen LogP contribution in [0.15, 0.2) is 17.1 Å². The maximum Gasteiger partial charge on any atom is 0.191 e. The molecule has 0 bridgehead atoms. The molecule has 0 radical (unpaired) electrons. The third kappa shape index (κ3) is 8.26. The van der Waals surface area contributed by atoms with E-state index in [9.17, 15) is 0 Å². The summed E-state index contributed by atoms with van der Waals surface area (Å²) in [4.78, 5) is 9.79. The molecule has 25 heavy (non-hydrogen) atoms. The van der Waals surface area contributed by atoms with Gasteiger partial charge in [0.05, 0.1) is 6.54 Å². The summed E-state index contributed by atoms with van der Waals surface area (Å²) in [5.41, 5.74) is 0. The van der Waals surface area contributed by atoms with E-state index in [1.165, 1.54) is 54.9 Å². The molecule has 1 aromatic heterocycles. The first-order chi connectivity index (χ1) is 11.7. The van der Waals surface area contributed by atoms with E-state index in [4.69, 9.17) is 0 Å². The van der Waals surface area contributed by atoms with Crippen LogP contribution in [-0.2, 0) is 13.0 Å². The zero-order chi connectivity index (χ0) is 17.2. The molecule has 2 heterocycles. The van der Waals surface area contributed by atoms with E-state index in [1.54, 1.807) is 0 Å². The van der Waals surface area contributed by atoms with Crippen molar-refractivity contribution in [3.05, 3.63) is 21.9 Å². The Bertz CT molecular complexity index is 503. The highest BCUT2D eigenvalue weighted by molar-refractivity contribution is 14.0. The molecule has 4 nitrogen and oxygen atoms in total. The number of nitrogens with one attached hydrogen (secondary N) is 2. The Hall–Kier alpha value is -0.340. The Morgan fingerprint density at radius 3 is 2.72 bits per heavy atom. The molecule has 2 N–H and O–H groups in total. The van der Waals surface area contributed by atoms with Crippen molar-refractivity contribution in [3.8, 4) is 0 Å². The summed E-state index contributed by atoms with van der Waals surface area (Å²) in [6.45, 7) is 8.95. The fourth-order valence-corrected chi connectivity index (χ4v) is 4.13. The van der Waals surface area contributed by atoms with Gasteiger partial charge in [-0.25, -0.2) is 0 Å². The highest BCUT2D eigenvalue weighted by atomic mass is 127. The SMILES string of the molecule is CCc1ccc(CNC(=NC)NCCCCN2CCCCC2C)s1.I. The average Bonchev–Trinajstić information content (AvgIpc) is 3.07. The van der Waals surface area contributed by atoms with E-state index in [2.05, 4.69) is 46.5 Å². The first-order valence-corrected chi connectivity index (χ1v) is 10.3. The highest BCUT2D eigenvalue weighted by Crippen LogP contribution is 2.17. The predicted molar refractivity (Wildman–Crippen MR) is 121 cm³/mol. The van der Waals surface area contributed by atoms with Gasteiger partial charge in [0.1, 0.15) is 0 Å². The molecule has 1 atom stereocenters. The molecule has 1 fully saturated rings. The van der Waals surface area contributed by atoms with Crippen molar-refractivity contribution < 1.29 is 0 Å². The quantitative estimate of drug-likeness (QED) is 0.254. The van der Waals surface area contributed by atoms with Gasteiger partial charge in [-0.05, 0) is 64.3 Å². The summed E-state index contributed by atoms with van der Waals surface area (Å²) < 4.78 is 0. The summed E-state index contributed by atoms with van der Waals surface area (Å²) in [6, 6.07) is 5.21. The monoisotopic (exact) mass is 478 g/mol. The van der Waals surface area contributed by atoms with Crippen LogP contribution >= 0.6 is 35.3 Å². The second-order valence-corrected chi connectivity index (χ2v) is 7.91. The molecule has 1 aliphatic heterocycles. The van der Waals surface area contributed by atoms with Crippen LogP contribution in [0.25, 0.3) is 0 Å². The summed E-state index contributed by atoms with van der Waals surface area (Å²) in [6.07, 6.45) is 7.74. The van der Waals surface area contributed by atoms with Crippen molar-refractivity contribution >= 4 is 41.3 Å². The van der Waals surface area contributed by atoms with Gasteiger partial charge in [-0.3, -0.25) is 4.99 Å². The molecule has 0 saturated carbocycles. The molecule has 0 aromatic carbocycles. The molecule has 1 saturated heterocycles. The molecule has 1 unspecified atom stereocenters. The van der Waals surface area contributed by atoms with Gasteiger partial charge in [-0.1, -0.05) is 13.3 Å². The number of piperidine rings is 1. The lowest BCUT2D eigenvalue weighted by Gasteiger charge is -2.33. The fraction of sp³-hybridized carbons (Fsp3) is 0.737. The van der Waals surface area contributed by atoms with Crippen LogP contribution in [-0.4, -0.2) is 43.6 Å². The minimum absolute atomic E-state index is 0. The van der Waals surface area contributed by atoms with Gasteiger partial charge in [0.25, 0.3) is 0 Å².